The molecule has 9 nitrogen and oxygen atoms in total. The summed E-state index contributed by atoms with van der Waals surface area (Å²) >= 11 is 1.08. The number of hydrogen-bond acceptors (Lipinski definition) is 9. The van der Waals surface area contributed by atoms with E-state index in [0.717, 1.165) is 16.7 Å². The molecule has 0 bridgehead atoms. The molecule has 1 heterocycles. The van der Waals surface area contributed by atoms with Gasteiger partial charge in [0.15, 0.2) is 0 Å². The van der Waals surface area contributed by atoms with Crippen molar-refractivity contribution in [3.05, 3.63) is 0 Å². The number of aliphatic carboxylic acids is 2. The summed E-state index contributed by atoms with van der Waals surface area (Å²) < 4.78 is 0. The summed E-state index contributed by atoms with van der Waals surface area (Å²) in [6.07, 6.45) is 0.0392. The predicted molar refractivity (Wildman–Crippen MR) is 93.7 cm³/mol. The van der Waals surface area contributed by atoms with E-state index in [1.54, 1.807) is 0 Å². The van der Waals surface area contributed by atoms with Crippen molar-refractivity contribution >= 4 is 57.1 Å². The van der Waals surface area contributed by atoms with Gasteiger partial charge in [-0.15, -0.1) is 11.8 Å². The first kappa shape index (κ1) is 21.1. The second-order valence-corrected chi connectivity index (χ2v) is 8.77. The summed E-state index contributed by atoms with van der Waals surface area (Å²) in [5.41, 5.74) is 10.7. The molecule has 1 aliphatic heterocycles. The van der Waals surface area contributed by atoms with E-state index >= 15 is 0 Å². The fourth-order valence-electron chi connectivity index (χ4n) is 1.69. The van der Waals surface area contributed by atoms with E-state index in [4.69, 9.17) is 21.7 Å². The monoisotopic (exact) mass is 397 g/mol. The Kier molecular flexibility index (Phi) is 8.91. The summed E-state index contributed by atoms with van der Waals surface area (Å²) in [5.74, 6) is -2.11. The summed E-state index contributed by atoms with van der Waals surface area (Å²) in [4.78, 5) is 46.4. The molecular weight excluding hydrogens is 378 g/mol. The van der Waals surface area contributed by atoms with Crippen LogP contribution >= 0.6 is 33.3 Å². The first-order chi connectivity index (χ1) is 11.2. The summed E-state index contributed by atoms with van der Waals surface area (Å²) in [5, 5.41) is 16.8. The second kappa shape index (κ2) is 10.1. The highest BCUT2D eigenvalue weighted by atomic mass is 33.1. The number of nitrogens with zero attached hydrogens (tertiary/aromatic N) is 1. The van der Waals surface area contributed by atoms with Crippen LogP contribution in [0.4, 0.5) is 0 Å². The van der Waals surface area contributed by atoms with Crippen molar-refractivity contribution in [1.82, 2.24) is 4.90 Å². The van der Waals surface area contributed by atoms with Crippen molar-refractivity contribution in [2.75, 3.05) is 23.8 Å². The van der Waals surface area contributed by atoms with Crippen molar-refractivity contribution < 1.29 is 29.4 Å². The van der Waals surface area contributed by atoms with Crippen molar-refractivity contribution in [3.8, 4) is 0 Å². The number of carbonyl (C=O) groups is 4. The number of carbonyl (C=O) groups excluding carboxylic acids is 2. The topological polar surface area (TPSA) is 164 Å². The van der Waals surface area contributed by atoms with Crippen LogP contribution in [0.1, 0.15) is 6.42 Å². The maximum absolute atomic E-state index is 12.1. The van der Waals surface area contributed by atoms with Crippen LogP contribution < -0.4 is 11.5 Å². The highest BCUT2D eigenvalue weighted by Gasteiger charge is 2.38. The minimum absolute atomic E-state index is 0.0392. The molecule has 0 aromatic heterocycles. The van der Waals surface area contributed by atoms with Gasteiger partial charge in [0.2, 0.25) is 11.8 Å². The van der Waals surface area contributed by atoms with Gasteiger partial charge in [0.1, 0.15) is 12.1 Å². The zero-order chi connectivity index (χ0) is 18.3. The number of amides is 2. The Morgan fingerprint density at radius 2 is 1.71 bits per heavy atom. The molecule has 1 fully saturated rings. The fraction of sp³-hybridized carbons (Fsp3) is 0.667. The molecular formula is C12H19N3O6S3. The summed E-state index contributed by atoms with van der Waals surface area (Å²) in [6.45, 7) is 0.222. The molecule has 2 amide bonds. The average molecular weight is 398 g/mol. The zero-order valence-electron chi connectivity index (χ0n) is 12.6. The number of nitrogens with two attached hydrogens (primary N) is 2. The molecule has 0 aromatic rings. The Balaban J connectivity index is 2.31. The van der Waals surface area contributed by atoms with Crippen LogP contribution in [0.3, 0.4) is 0 Å². The molecule has 0 radical (unpaired) electrons. The smallest absolute Gasteiger partial charge is 0.321 e. The lowest BCUT2D eigenvalue weighted by Crippen LogP contribution is -2.35. The minimum Gasteiger partial charge on any atom is -0.480 e. The van der Waals surface area contributed by atoms with Crippen molar-refractivity contribution in [3.63, 3.8) is 0 Å². The van der Waals surface area contributed by atoms with Crippen LogP contribution in [-0.2, 0) is 19.2 Å². The highest BCUT2D eigenvalue weighted by molar-refractivity contribution is 8.76. The largest absolute Gasteiger partial charge is 0.480 e. The Morgan fingerprint density at radius 3 is 2.29 bits per heavy atom. The van der Waals surface area contributed by atoms with E-state index in [2.05, 4.69) is 0 Å². The Bertz CT molecular complexity index is 506. The second-order valence-electron chi connectivity index (χ2n) is 4.91. The van der Waals surface area contributed by atoms with Gasteiger partial charge in [-0.05, 0) is 0 Å². The third kappa shape index (κ3) is 6.51. The molecule has 1 aliphatic rings. The minimum atomic E-state index is -1.15. The van der Waals surface area contributed by atoms with Gasteiger partial charge in [-0.25, -0.2) is 0 Å². The fourth-order valence-corrected chi connectivity index (χ4v) is 4.87. The van der Waals surface area contributed by atoms with Crippen LogP contribution in [0.5, 0.6) is 0 Å². The zero-order valence-corrected chi connectivity index (χ0v) is 15.1. The number of rotatable bonds is 11. The number of hydrogen-bond donors (Lipinski definition) is 4. The molecule has 0 spiro atoms. The standard InChI is InChI=1S/C12H19N3O6S3/c13-6(11(18)19)4-22-8-3-9(16)15(10(8)17)1-2-23-24-5-7(14)12(20)21/h6-8H,1-5,13-14H2,(H,18,19)(H,20,21). The molecule has 0 aliphatic carbocycles. The first-order valence-corrected chi connectivity index (χ1v) is 10.4. The van der Waals surface area contributed by atoms with Gasteiger partial charge < -0.3 is 21.7 Å². The summed E-state index contributed by atoms with van der Waals surface area (Å²) in [7, 11) is 2.60. The van der Waals surface area contributed by atoms with Crippen LogP contribution in [0.2, 0.25) is 0 Å². The quantitative estimate of drug-likeness (QED) is 0.193. The van der Waals surface area contributed by atoms with Gasteiger partial charge in [0.25, 0.3) is 0 Å². The van der Waals surface area contributed by atoms with Crippen molar-refractivity contribution in [2.24, 2.45) is 11.5 Å². The number of thioether (sulfide) groups is 1. The molecule has 1 rings (SSSR count). The lowest BCUT2D eigenvalue weighted by molar-refractivity contribution is -0.139. The molecule has 0 saturated carbocycles. The molecule has 136 valence electrons. The van der Waals surface area contributed by atoms with E-state index in [9.17, 15) is 19.2 Å². The van der Waals surface area contributed by atoms with E-state index < -0.39 is 29.3 Å². The Morgan fingerprint density at radius 1 is 1.12 bits per heavy atom. The van der Waals surface area contributed by atoms with Gasteiger partial charge in [-0.2, -0.15) is 0 Å². The Hall–Kier alpha value is -0.950. The molecule has 12 heteroatoms. The van der Waals surface area contributed by atoms with Crippen LogP contribution in [-0.4, -0.2) is 80.0 Å². The van der Waals surface area contributed by atoms with Crippen LogP contribution in [0.25, 0.3) is 0 Å². The lowest BCUT2D eigenvalue weighted by Gasteiger charge is -2.15. The normalized spacial score (nSPS) is 20.2. The van der Waals surface area contributed by atoms with Crippen LogP contribution in [0, 0.1) is 0 Å². The highest BCUT2D eigenvalue weighted by Crippen LogP contribution is 2.27. The van der Waals surface area contributed by atoms with Crippen molar-refractivity contribution in [2.45, 2.75) is 23.8 Å². The molecule has 3 atom stereocenters. The average Bonchev–Trinajstić information content (AvgIpc) is 2.78. The third-order valence-electron chi connectivity index (χ3n) is 3.04. The first-order valence-electron chi connectivity index (χ1n) is 6.91. The van der Waals surface area contributed by atoms with Gasteiger partial charge >= 0.3 is 11.9 Å². The van der Waals surface area contributed by atoms with E-state index in [-0.39, 0.29) is 36.3 Å². The molecule has 1 saturated heterocycles. The lowest BCUT2D eigenvalue weighted by atomic mass is 10.3. The van der Waals surface area contributed by atoms with Gasteiger partial charge in [0.05, 0.1) is 5.25 Å². The van der Waals surface area contributed by atoms with Crippen molar-refractivity contribution in [1.29, 1.82) is 0 Å². The number of likely N-dealkylation sites (tertiary alicyclic amines) is 1. The van der Waals surface area contributed by atoms with Gasteiger partial charge in [0, 0.05) is 30.2 Å². The van der Waals surface area contributed by atoms with E-state index in [1.807, 2.05) is 0 Å². The molecule has 6 N–H and O–H groups in total. The van der Waals surface area contributed by atoms with Gasteiger partial charge in [-0.3, -0.25) is 24.1 Å². The number of carboxylic acids is 2. The van der Waals surface area contributed by atoms with Crippen LogP contribution in [0.15, 0.2) is 0 Å². The SMILES string of the molecule is NC(CSSCCN1C(=O)CC(SCC(N)C(=O)O)C1=O)C(=O)O. The molecule has 3 unspecified atom stereocenters. The Labute approximate surface area is 150 Å². The van der Waals surface area contributed by atoms with E-state index in [1.165, 1.54) is 21.6 Å². The number of imide groups is 1. The molecule has 0 aromatic carbocycles. The molecule has 24 heavy (non-hydrogen) atoms. The third-order valence-corrected chi connectivity index (χ3v) is 6.78. The van der Waals surface area contributed by atoms with Gasteiger partial charge in [-0.1, -0.05) is 21.6 Å². The summed E-state index contributed by atoms with van der Waals surface area (Å²) in [6, 6.07) is -2.02. The maximum atomic E-state index is 12.1. The number of carboxylic acid groups (broad SMARTS) is 2. The predicted octanol–water partition coefficient (Wildman–Crippen LogP) is -0.948. The maximum Gasteiger partial charge on any atom is 0.321 e. The van der Waals surface area contributed by atoms with E-state index in [0.29, 0.717) is 5.75 Å².